The van der Waals surface area contributed by atoms with Gasteiger partial charge in [-0.1, -0.05) is 36.3 Å². The van der Waals surface area contributed by atoms with Crippen molar-refractivity contribution in [3.63, 3.8) is 0 Å². The third kappa shape index (κ3) is 3.76. The largest absolute Gasteiger partial charge is 0.481 e. The summed E-state index contributed by atoms with van der Waals surface area (Å²) in [7, 11) is 0. The third-order valence-electron chi connectivity index (χ3n) is 4.30. The van der Waals surface area contributed by atoms with Crippen molar-refractivity contribution in [2.24, 2.45) is 5.92 Å². The minimum atomic E-state index is -0.725. The van der Waals surface area contributed by atoms with Crippen LogP contribution in [0.3, 0.4) is 0 Å². The molecule has 23 heavy (non-hydrogen) atoms. The molecule has 2 heterocycles. The fraction of sp³-hybridized carbons (Fsp3) is 0.471. The van der Waals surface area contributed by atoms with Crippen LogP contribution in [0.5, 0.6) is 0 Å². The number of nitrogens with zero attached hydrogens (tertiary/aromatic N) is 3. The van der Waals surface area contributed by atoms with Gasteiger partial charge in [-0.25, -0.2) is 0 Å². The highest BCUT2D eigenvalue weighted by molar-refractivity contribution is 5.70. The van der Waals surface area contributed by atoms with Gasteiger partial charge in [-0.3, -0.25) is 9.69 Å². The van der Waals surface area contributed by atoms with Crippen LogP contribution in [0.2, 0.25) is 0 Å². The van der Waals surface area contributed by atoms with Gasteiger partial charge in [-0.15, -0.1) is 0 Å². The molecule has 0 spiro atoms. The van der Waals surface area contributed by atoms with Crippen molar-refractivity contribution in [1.82, 2.24) is 15.0 Å². The molecule has 0 amide bonds. The van der Waals surface area contributed by atoms with Gasteiger partial charge in [0.1, 0.15) is 0 Å². The highest BCUT2D eigenvalue weighted by Crippen LogP contribution is 2.20. The Morgan fingerprint density at radius 2 is 2.17 bits per heavy atom. The second kappa shape index (κ2) is 6.91. The molecule has 1 atom stereocenters. The van der Waals surface area contributed by atoms with E-state index >= 15 is 0 Å². The Balaban J connectivity index is 1.65. The van der Waals surface area contributed by atoms with Gasteiger partial charge in [-0.2, -0.15) is 4.98 Å². The molecular formula is C17H21N3O3. The van der Waals surface area contributed by atoms with Crippen molar-refractivity contribution in [1.29, 1.82) is 0 Å². The van der Waals surface area contributed by atoms with Gasteiger partial charge < -0.3 is 9.63 Å². The molecule has 0 saturated carbocycles. The van der Waals surface area contributed by atoms with E-state index < -0.39 is 5.97 Å². The lowest BCUT2D eigenvalue weighted by Crippen LogP contribution is -2.38. The summed E-state index contributed by atoms with van der Waals surface area (Å²) in [5, 5.41) is 13.2. The zero-order valence-corrected chi connectivity index (χ0v) is 13.2. The number of aliphatic carboxylic acids is 1. The average molecular weight is 315 g/mol. The van der Waals surface area contributed by atoms with Crippen molar-refractivity contribution < 1.29 is 14.4 Å². The Morgan fingerprint density at radius 1 is 1.39 bits per heavy atom. The first-order valence-electron chi connectivity index (χ1n) is 8.02. The Bertz CT molecular complexity index is 666. The number of benzene rings is 1. The van der Waals surface area contributed by atoms with Crippen LogP contribution in [-0.4, -0.2) is 39.2 Å². The van der Waals surface area contributed by atoms with Gasteiger partial charge >= 0.3 is 5.97 Å². The lowest BCUT2D eigenvalue weighted by molar-refractivity contribution is -0.143. The molecule has 0 bridgehead atoms. The summed E-state index contributed by atoms with van der Waals surface area (Å²) in [5.74, 6) is 0.0877. The van der Waals surface area contributed by atoms with Gasteiger partial charge in [0.2, 0.25) is 11.7 Å². The second-order valence-corrected chi connectivity index (χ2v) is 5.97. The Labute approximate surface area is 135 Å². The fourth-order valence-corrected chi connectivity index (χ4v) is 2.92. The van der Waals surface area contributed by atoms with E-state index in [-0.39, 0.29) is 5.92 Å². The number of likely N-dealkylation sites (tertiary alicyclic amines) is 1. The topological polar surface area (TPSA) is 79.5 Å². The number of hydrogen-bond acceptors (Lipinski definition) is 5. The van der Waals surface area contributed by atoms with Crippen molar-refractivity contribution in [3.05, 3.63) is 35.7 Å². The quantitative estimate of drug-likeness (QED) is 0.913. The standard InChI is InChI=1S/C17H21N3O3/c1-2-12-5-7-13(8-6-12)16-18-15(23-19-16)11-20-9-3-4-14(10-20)17(21)22/h5-8,14H,2-4,9-11H2,1H3,(H,21,22). The van der Waals surface area contributed by atoms with E-state index in [9.17, 15) is 4.79 Å². The van der Waals surface area contributed by atoms with E-state index in [1.54, 1.807) is 0 Å². The Kier molecular flexibility index (Phi) is 4.71. The number of rotatable bonds is 5. The zero-order valence-electron chi connectivity index (χ0n) is 13.2. The molecule has 6 nitrogen and oxygen atoms in total. The van der Waals surface area contributed by atoms with Gasteiger partial charge in [0, 0.05) is 12.1 Å². The second-order valence-electron chi connectivity index (χ2n) is 5.97. The number of piperidine rings is 1. The zero-order chi connectivity index (χ0) is 16.2. The molecule has 6 heteroatoms. The summed E-state index contributed by atoms with van der Waals surface area (Å²) >= 11 is 0. The van der Waals surface area contributed by atoms with E-state index in [1.165, 1.54) is 5.56 Å². The molecule has 1 aliphatic rings. The molecule has 1 saturated heterocycles. The summed E-state index contributed by atoms with van der Waals surface area (Å²) in [6.45, 7) is 4.03. The first-order chi connectivity index (χ1) is 11.2. The molecule has 1 aromatic carbocycles. The van der Waals surface area contributed by atoms with E-state index in [0.717, 1.165) is 31.4 Å². The monoisotopic (exact) mass is 315 g/mol. The van der Waals surface area contributed by atoms with Crippen LogP contribution in [0.25, 0.3) is 11.4 Å². The van der Waals surface area contributed by atoms with Crippen LogP contribution >= 0.6 is 0 Å². The van der Waals surface area contributed by atoms with Crippen molar-refractivity contribution in [2.45, 2.75) is 32.7 Å². The van der Waals surface area contributed by atoms with E-state index in [4.69, 9.17) is 9.63 Å². The number of carboxylic acids is 1. The van der Waals surface area contributed by atoms with Crippen molar-refractivity contribution >= 4 is 5.97 Å². The average Bonchev–Trinajstić information content (AvgIpc) is 3.03. The fourth-order valence-electron chi connectivity index (χ4n) is 2.92. The highest BCUT2D eigenvalue weighted by atomic mass is 16.5. The summed E-state index contributed by atoms with van der Waals surface area (Å²) in [4.78, 5) is 17.6. The van der Waals surface area contributed by atoms with Crippen molar-refractivity contribution in [3.8, 4) is 11.4 Å². The lowest BCUT2D eigenvalue weighted by atomic mass is 9.98. The summed E-state index contributed by atoms with van der Waals surface area (Å²) in [5.41, 5.74) is 2.20. The lowest BCUT2D eigenvalue weighted by Gasteiger charge is -2.29. The van der Waals surface area contributed by atoms with Crippen LogP contribution in [0.4, 0.5) is 0 Å². The SMILES string of the molecule is CCc1ccc(-c2noc(CN3CCCC(C(=O)O)C3)n2)cc1. The minimum absolute atomic E-state index is 0.298. The van der Waals surface area contributed by atoms with Crippen LogP contribution in [0.15, 0.2) is 28.8 Å². The Morgan fingerprint density at radius 3 is 2.87 bits per heavy atom. The summed E-state index contributed by atoms with van der Waals surface area (Å²) in [6, 6.07) is 8.12. The number of hydrogen-bond donors (Lipinski definition) is 1. The first kappa shape index (κ1) is 15.7. The molecular weight excluding hydrogens is 294 g/mol. The molecule has 0 aliphatic carbocycles. The molecule has 1 aliphatic heterocycles. The maximum atomic E-state index is 11.1. The van der Waals surface area contributed by atoms with Gasteiger partial charge in [0.15, 0.2) is 0 Å². The van der Waals surface area contributed by atoms with E-state index in [0.29, 0.717) is 24.8 Å². The number of carboxylic acid groups (broad SMARTS) is 1. The van der Waals surface area contributed by atoms with Crippen LogP contribution in [-0.2, 0) is 17.8 Å². The number of aromatic nitrogens is 2. The molecule has 1 aromatic heterocycles. The normalized spacial score (nSPS) is 18.9. The molecule has 122 valence electrons. The molecule has 1 N–H and O–H groups in total. The molecule has 1 unspecified atom stereocenters. The van der Waals surface area contributed by atoms with Gasteiger partial charge in [-0.05, 0) is 31.4 Å². The summed E-state index contributed by atoms with van der Waals surface area (Å²) < 4.78 is 5.32. The van der Waals surface area contributed by atoms with E-state index in [1.807, 2.05) is 12.1 Å². The maximum Gasteiger partial charge on any atom is 0.307 e. The maximum absolute atomic E-state index is 11.1. The third-order valence-corrected chi connectivity index (χ3v) is 4.30. The van der Waals surface area contributed by atoms with Crippen LogP contribution in [0.1, 0.15) is 31.2 Å². The van der Waals surface area contributed by atoms with Crippen LogP contribution in [0, 0.1) is 5.92 Å². The highest BCUT2D eigenvalue weighted by Gasteiger charge is 2.26. The smallest absolute Gasteiger partial charge is 0.307 e. The number of carbonyl (C=O) groups is 1. The van der Waals surface area contributed by atoms with Crippen molar-refractivity contribution in [2.75, 3.05) is 13.1 Å². The number of aryl methyl sites for hydroxylation is 1. The molecule has 3 rings (SSSR count). The molecule has 1 fully saturated rings. The predicted molar refractivity (Wildman–Crippen MR) is 84.7 cm³/mol. The first-order valence-corrected chi connectivity index (χ1v) is 8.02. The minimum Gasteiger partial charge on any atom is -0.481 e. The van der Waals surface area contributed by atoms with Gasteiger partial charge in [0.25, 0.3) is 0 Å². The predicted octanol–water partition coefficient (Wildman–Crippen LogP) is 2.60. The van der Waals surface area contributed by atoms with E-state index in [2.05, 4.69) is 34.1 Å². The molecule has 2 aromatic rings. The van der Waals surface area contributed by atoms with Gasteiger partial charge in [0.05, 0.1) is 12.5 Å². The van der Waals surface area contributed by atoms with Crippen LogP contribution < -0.4 is 0 Å². The Hall–Kier alpha value is -2.21. The summed E-state index contributed by atoms with van der Waals surface area (Å²) in [6.07, 6.45) is 2.62. The molecule has 0 radical (unpaired) electrons.